The van der Waals surface area contributed by atoms with Crippen LogP contribution >= 0.6 is 0 Å². The minimum atomic E-state index is -0.498. The lowest BCUT2D eigenvalue weighted by atomic mass is 10.1. The van der Waals surface area contributed by atoms with E-state index in [-0.39, 0.29) is 11.0 Å². The molecule has 2 heterocycles. The maximum absolute atomic E-state index is 12.2. The van der Waals surface area contributed by atoms with Crippen LogP contribution < -0.4 is 10.7 Å². The van der Waals surface area contributed by atoms with Gasteiger partial charge in [-0.15, -0.1) is 0 Å². The number of aromatic nitrogens is 3. The van der Waals surface area contributed by atoms with Crippen LogP contribution in [0, 0.1) is 0 Å². The molecule has 19 heavy (non-hydrogen) atoms. The fourth-order valence-corrected chi connectivity index (χ4v) is 1.84. The molecule has 1 aromatic carbocycles. The molecule has 0 atom stereocenters. The minimum Gasteiger partial charge on any atom is -0.360 e. The Morgan fingerprint density at radius 3 is 2.84 bits per heavy atom. The predicted molar refractivity (Wildman–Crippen MR) is 71.1 cm³/mol. The summed E-state index contributed by atoms with van der Waals surface area (Å²) in [5, 5.41) is 3.00. The van der Waals surface area contributed by atoms with Crippen LogP contribution in [0.4, 0.5) is 5.95 Å². The van der Waals surface area contributed by atoms with Crippen molar-refractivity contribution in [1.82, 2.24) is 15.0 Å². The third-order valence-electron chi connectivity index (χ3n) is 2.76. The molecule has 0 unspecified atom stereocenters. The van der Waals surface area contributed by atoms with E-state index in [1.54, 1.807) is 24.4 Å². The van der Waals surface area contributed by atoms with E-state index in [0.29, 0.717) is 16.9 Å². The number of nitrogens with zero attached hydrogens (tertiary/aromatic N) is 1. The summed E-state index contributed by atoms with van der Waals surface area (Å²) < 4.78 is 0. The van der Waals surface area contributed by atoms with Gasteiger partial charge in [0.25, 0.3) is 5.91 Å². The molecule has 94 valence electrons. The number of aromatic amines is 2. The fourth-order valence-electron chi connectivity index (χ4n) is 1.84. The number of H-pyrrole nitrogens is 2. The molecule has 6 nitrogen and oxygen atoms in total. The number of pyridine rings is 1. The molecule has 0 radical (unpaired) electrons. The van der Waals surface area contributed by atoms with Crippen LogP contribution in [0.5, 0.6) is 0 Å². The highest BCUT2D eigenvalue weighted by atomic mass is 16.2. The summed E-state index contributed by atoms with van der Waals surface area (Å²) in [6.07, 6.45) is 4.50. The first-order chi connectivity index (χ1) is 9.25. The summed E-state index contributed by atoms with van der Waals surface area (Å²) in [5.74, 6) is -0.195. The number of benzene rings is 1. The number of nitrogens with one attached hydrogen (secondary N) is 3. The molecule has 3 N–H and O–H groups in total. The number of para-hydroxylation sites is 1. The van der Waals surface area contributed by atoms with Crippen molar-refractivity contribution in [3.05, 3.63) is 58.6 Å². The average Bonchev–Trinajstić information content (AvgIpc) is 2.92. The normalized spacial score (nSPS) is 10.5. The molecule has 2 aromatic heterocycles. The SMILES string of the molecule is O=C(Nc1ncc[nH]1)c1c[nH]c2ccccc2c1=O. The van der Waals surface area contributed by atoms with E-state index in [2.05, 4.69) is 20.3 Å². The van der Waals surface area contributed by atoms with Crippen LogP contribution in [-0.2, 0) is 0 Å². The molecule has 0 bridgehead atoms. The molecule has 0 saturated carbocycles. The molecular formula is C13H10N4O2. The Balaban J connectivity index is 2.03. The van der Waals surface area contributed by atoms with Gasteiger partial charge in [0.2, 0.25) is 11.4 Å². The molecule has 0 spiro atoms. The van der Waals surface area contributed by atoms with E-state index in [9.17, 15) is 9.59 Å². The highest BCUT2D eigenvalue weighted by Crippen LogP contribution is 2.08. The number of anilines is 1. The molecule has 1 amide bonds. The van der Waals surface area contributed by atoms with Gasteiger partial charge >= 0.3 is 0 Å². The summed E-state index contributed by atoms with van der Waals surface area (Å²) in [4.78, 5) is 33.7. The first kappa shape index (κ1) is 11.2. The van der Waals surface area contributed by atoms with Crippen molar-refractivity contribution in [3.8, 4) is 0 Å². The van der Waals surface area contributed by atoms with E-state index < -0.39 is 5.91 Å². The van der Waals surface area contributed by atoms with Crippen molar-refractivity contribution in [1.29, 1.82) is 0 Å². The zero-order valence-corrected chi connectivity index (χ0v) is 9.81. The van der Waals surface area contributed by atoms with Gasteiger partial charge in [0, 0.05) is 29.5 Å². The van der Waals surface area contributed by atoms with Gasteiger partial charge in [-0.25, -0.2) is 4.98 Å². The van der Waals surface area contributed by atoms with E-state index >= 15 is 0 Å². The highest BCUT2D eigenvalue weighted by molar-refractivity contribution is 6.04. The first-order valence-electron chi connectivity index (χ1n) is 5.67. The summed E-state index contributed by atoms with van der Waals surface area (Å²) in [7, 11) is 0. The lowest BCUT2D eigenvalue weighted by Crippen LogP contribution is -2.22. The number of amides is 1. The molecule has 3 rings (SSSR count). The summed E-state index contributed by atoms with van der Waals surface area (Å²) >= 11 is 0. The number of carbonyl (C=O) groups excluding carboxylic acids is 1. The van der Waals surface area contributed by atoms with E-state index in [1.807, 2.05) is 6.07 Å². The van der Waals surface area contributed by atoms with Gasteiger partial charge in [-0.1, -0.05) is 12.1 Å². The third kappa shape index (κ3) is 1.99. The van der Waals surface area contributed by atoms with Gasteiger partial charge in [-0.2, -0.15) is 0 Å². The van der Waals surface area contributed by atoms with Crippen molar-refractivity contribution in [2.45, 2.75) is 0 Å². The minimum absolute atomic E-state index is 0.0510. The van der Waals surface area contributed by atoms with Crippen LogP contribution in [0.3, 0.4) is 0 Å². The number of carbonyl (C=O) groups is 1. The Morgan fingerprint density at radius 1 is 1.21 bits per heavy atom. The van der Waals surface area contributed by atoms with Gasteiger partial charge in [0.15, 0.2) is 0 Å². The second-order valence-corrected chi connectivity index (χ2v) is 3.97. The van der Waals surface area contributed by atoms with Crippen molar-refractivity contribution in [2.24, 2.45) is 0 Å². The van der Waals surface area contributed by atoms with Gasteiger partial charge in [0.05, 0.1) is 0 Å². The largest absolute Gasteiger partial charge is 0.360 e. The van der Waals surface area contributed by atoms with Gasteiger partial charge in [0.1, 0.15) is 5.56 Å². The summed E-state index contributed by atoms with van der Waals surface area (Å²) in [6.45, 7) is 0. The Morgan fingerprint density at radius 2 is 2.05 bits per heavy atom. The molecule has 0 aliphatic rings. The zero-order valence-electron chi connectivity index (χ0n) is 9.81. The molecule has 0 aliphatic carbocycles. The molecular weight excluding hydrogens is 244 g/mol. The van der Waals surface area contributed by atoms with Gasteiger partial charge in [-0.3, -0.25) is 14.9 Å². The Kier molecular flexibility index (Phi) is 2.60. The molecule has 6 heteroatoms. The Labute approximate surface area is 107 Å². The van der Waals surface area contributed by atoms with Gasteiger partial charge < -0.3 is 9.97 Å². The number of rotatable bonds is 2. The second-order valence-electron chi connectivity index (χ2n) is 3.97. The maximum atomic E-state index is 12.2. The van der Waals surface area contributed by atoms with E-state index in [4.69, 9.17) is 0 Å². The zero-order chi connectivity index (χ0) is 13.2. The van der Waals surface area contributed by atoms with Crippen LogP contribution in [-0.4, -0.2) is 20.9 Å². The number of hydrogen-bond acceptors (Lipinski definition) is 3. The molecule has 3 aromatic rings. The Hall–Kier alpha value is -2.89. The number of fused-ring (bicyclic) bond motifs is 1. The maximum Gasteiger partial charge on any atom is 0.263 e. The summed E-state index contributed by atoms with van der Waals surface area (Å²) in [6, 6.07) is 7.04. The standard InChI is InChI=1S/C13H10N4O2/c18-11-8-3-1-2-4-10(8)16-7-9(11)12(19)17-13-14-5-6-15-13/h1-7H,(H,16,18)(H2,14,15,17,19). The van der Waals surface area contributed by atoms with Gasteiger partial charge in [-0.05, 0) is 12.1 Å². The van der Waals surface area contributed by atoms with Crippen molar-refractivity contribution in [2.75, 3.05) is 5.32 Å². The highest BCUT2D eigenvalue weighted by Gasteiger charge is 2.13. The third-order valence-corrected chi connectivity index (χ3v) is 2.76. The van der Waals surface area contributed by atoms with Crippen molar-refractivity contribution < 1.29 is 4.79 Å². The van der Waals surface area contributed by atoms with E-state index in [0.717, 1.165) is 0 Å². The van der Waals surface area contributed by atoms with Crippen LogP contribution in [0.15, 0.2) is 47.7 Å². The number of imidazole rings is 1. The monoisotopic (exact) mass is 254 g/mol. The van der Waals surface area contributed by atoms with Crippen LogP contribution in [0.2, 0.25) is 0 Å². The smallest absolute Gasteiger partial charge is 0.263 e. The summed E-state index contributed by atoms with van der Waals surface area (Å²) in [5.41, 5.74) is 0.440. The lowest BCUT2D eigenvalue weighted by molar-refractivity contribution is 0.102. The Bertz CT molecular complexity index is 790. The second kappa shape index (κ2) is 4.41. The topological polar surface area (TPSA) is 90.6 Å². The van der Waals surface area contributed by atoms with Crippen molar-refractivity contribution >= 4 is 22.8 Å². The predicted octanol–water partition coefficient (Wildman–Crippen LogP) is 1.50. The number of hydrogen-bond donors (Lipinski definition) is 3. The van der Waals surface area contributed by atoms with Crippen molar-refractivity contribution in [3.63, 3.8) is 0 Å². The first-order valence-corrected chi connectivity index (χ1v) is 5.67. The lowest BCUT2D eigenvalue weighted by Gasteiger charge is -2.03. The van der Waals surface area contributed by atoms with Crippen LogP contribution in [0.25, 0.3) is 10.9 Å². The molecule has 0 saturated heterocycles. The quantitative estimate of drug-likeness (QED) is 0.647. The molecule has 0 fully saturated rings. The fraction of sp³-hybridized carbons (Fsp3) is 0. The van der Waals surface area contributed by atoms with E-state index in [1.165, 1.54) is 12.4 Å². The average molecular weight is 254 g/mol. The van der Waals surface area contributed by atoms with Crippen LogP contribution in [0.1, 0.15) is 10.4 Å². The molecule has 0 aliphatic heterocycles.